The molecule has 1 atom stereocenters. The average molecular weight is 398 g/mol. The second kappa shape index (κ2) is 8.45. The van der Waals surface area contributed by atoms with E-state index in [0.29, 0.717) is 24.8 Å². The van der Waals surface area contributed by atoms with Crippen molar-refractivity contribution in [1.82, 2.24) is 19.8 Å². The van der Waals surface area contributed by atoms with Crippen molar-refractivity contribution in [2.75, 3.05) is 26.7 Å². The Kier molecular flexibility index (Phi) is 5.76. The lowest BCUT2D eigenvalue weighted by atomic mass is 9.95. The monoisotopic (exact) mass is 398 g/mol. The maximum atomic E-state index is 13.3. The molecule has 1 amide bonds. The van der Waals surface area contributed by atoms with E-state index in [1.165, 1.54) is 12.1 Å². The van der Waals surface area contributed by atoms with E-state index >= 15 is 0 Å². The van der Waals surface area contributed by atoms with Crippen LogP contribution >= 0.6 is 0 Å². The number of aromatic nitrogens is 2. The highest BCUT2D eigenvalue weighted by Crippen LogP contribution is 2.27. The van der Waals surface area contributed by atoms with Crippen LogP contribution in [0, 0.1) is 5.82 Å². The summed E-state index contributed by atoms with van der Waals surface area (Å²) < 4.78 is 19.0. The smallest absolute Gasteiger partial charge is 0.263 e. The van der Waals surface area contributed by atoms with E-state index in [9.17, 15) is 9.18 Å². The molecule has 1 fully saturated rings. The van der Waals surface area contributed by atoms with Crippen LogP contribution in [0.5, 0.6) is 5.75 Å². The zero-order valence-corrected chi connectivity index (χ0v) is 17.0. The molecule has 1 saturated heterocycles. The van der Waals surface area contributed by atoms with Gasteiger partial charge in [-0.3, -0.25) is 4.79 Å². The van der Waals surface area contributed by atoms with Crippen LogP contribution in [0.3, 0.4) is 0 Å². The zero-order valence-electron chi connectivity index (χ0n) is 17.0. The number of piperidine rings is 1. The quantitative estimate of drug-likeness (QED) is 0.793. The van der Waals surface area contributed by atoms with E-state index in [2.05, 4.69) is 16.9 Å². The third-order valence-electron chi connectivity index (χ3n) is 5.80. The number of fused-ring (bicyclic) bond motifs is 1. The molecule has 0 aliphatic carbocycles. The summed E-state index contributed by atoms with van der Waals surface area (Å²) in [5, 5.41) is 0. The number of hydrogen-bond acceptors (Lipinski definition) is 5. The maximum absolute atomic E-state index is 13.3. The Morgan fingerprint density at radius 1 is 1.28 bits per heavy atom. The molecular weight excluding hydrogens is 371 g/mol. The largest absolute Gasteiger partial charge is 0.481 e. The predicted molar refractivity (Wildman–Crippen MR) is 107 cm³/mol. The lowest BCUT2D eigenvalue weighted by Gasteiger charge is -2.31. The molecule has 1 aromatic carbocycles. The third-order valence-corrected chi connectivity index (χ3v) is 5.80. The second-order valence-electron chi connectivity index (χ2n) is 8.00. The van der Waals surface area contributed by atoms with Crippen LogP contribution in [-0.2, 0) is 17.8 Å². The van der Waals surface area contributed by atoms with Crippen molar-refractivity contribution in [3.05, 3.63) is 53.4 Å². The van der Waals surface area contributed by atoms with Crippen molar-refractivity contribution in [1.29, 1.82) is 0 Å². The van der Waals surface area contributed by atoms with Gasteiger partial charge in [-0.25, -0.2) is 14.4 Å². The van der Waals surface area contributed by atoms with Crippen LogP contribution in [0.1, 0.15) is 42.8 Å². The van der Waals surface area contributed by atoms with Gasteiger partial charge in [-0.15, -0.1) is 0 Å². The minimum absolute atomic E-state index is 0.112. The molecular formula is C22H27FN4O2. The van der Waals surface area contributed by atoms with Crippen molar-refractivity contribution < 1.29 is 13.9 Å². The predicted octanol–water partition coefficient (Wildman–Crippen LogP) is 2.78. The molecule has 29 heavy (non-hydrogen) atoms. The van der Waals surface area contributed by atoms with Gasteiger partial charge in [-0.05, 0) is 52.0 Å². The second-order valence-corrected chi connectivity index (χ2v) is 8.00. The van der Waals surface area contributed by atoms with Crippen LogP contribution in [-0.4, -0.2) is 58.5 Å². The normalized spacial score (nSPS) is 18.9. The molecule has 154 valence electrons. The maximum Gasteiger partial charge on any atom is 0.263 e. The number of hydrogen-bond donors (Lipinski definition) is 0. The first-order valence-electron chi connectivity index (χ1n) is 10.2. The summed E-state index contributed by atoms with van der Waals surface area (Å²) in [6, 6.07) is 5.85. The number of benzene rings is 1. The van der Waals surface area contributed by atoms with Crippen LogP contribution < -0.4 is 4.74 Å². The molecule has 2 aromatic rings. The first-order valence-corrected chi connectivity index (χ1v) is 10.2. The van der Waals surface area contributed by atoms with Crippen molar-refractivity contribution in [2.45, 2.75) is 44.8 Å². The summed E-state index contributed by atoms with van der Waals surface area (Å²) in [4.78, 5) is 26.4. The first-order chi connectivity index (χ1) is 14.0. The van der Waals surface area contributed by atoms with Gasteiger partial charge < -0.3 is 14.5 Å². The molecule has 0 unspecified atom stereocenters. The van der Waals surface area contributed by atoms with Gasteiger partial charge in [0.15, 0.2) is 6.10 Å². The van der Waals surface area contributed by atoms with Crippen molar-refractivity contribution >= 4 is 5.91 Å². The molecule has 6 nitrogen and oxygen atoms in total. The fourth-order valence-electron chi connectivity index (χ4n) is 4.04. The fourth-order valence-corrected chi connectivity index (χ4v) is 4.04. The van der Waals surface area contributed by atoms with Gasteiger partial charge in [0.05, 0.1) is 5.69 Å². The Balaban J connectivity index is 1.39. The Hall–Kier alpha value is -2.54. The van der Waals surface area contributed by atoms with E-state index in [1.807, 2.05) is 6.20 Å². The molecule has 0 N–H and O–H groups in total. The standard InChI is InChI=1S/C22H27FN4O2/c1-15(29-19-5-3-4-18(23)12-19)22(28)27-11-8-20-17(14-27)13-24-21(25-20)16-6-9-26(2)10-7-16/h3-5,12-13,15-16H,6-11,14H2,1-2H3/t15-/m1/s1. The highest BCUT2D eigenvalue weighted by atomic mass is 19.1. The van der Waals surface area contributed by atoms with E-state index in [4.69, 9.17) is 9.72 Å². The Morgan fingerprint density at radius 2 is 2.07 bits per heavy atom. The minimum Gasteiger partial charge on any atom is -0.481 e. The van der Waals surface area contributed by atoms with Crippen LogP contribution in [0.25, 0.3) is 0 Å². The van der Waals surface area contributed by atoms with Crippen molar-refractivity contribution in [2.24, 2.45) is 0 Å². The lowest BCUT2D eigenvalue weighted by Crippen LogP contribution is -2.43. The van der Waals surface area contributed by atoms with Gasteiger partial charge in [0, 0.05) is 43.3 Å². The molecule has 4 rings (SSSR count). The van der Waals surface area contributed by atoms with E-state index in [0.717, 1.165) is 49.4 Å². The molecule has 1 aromatic heterocycles. The molecule has 0 bridgehead atoms. The van der Waals surface area contributed by atoms with Crippen LogP contribution in [0.2, 0.25) is 0 Å². The van der Waals surface area contributed by atoms with Gasteiger partial charge >= 0.3 is 0 Å². The number of nitrogens with zero attached hydrogens (tertiary/aromatic N) is 4. The minimum atomic E-state index is -0.683. The number of ether oxygens (including phenoxy) is 1. The van der Waals surface area contributed by atoms with E-state index < -0.39 is 6.10 Å². The van der Waals surface area contributed by atoms with Crippen molar-refractivity contribution in [3.63, 3.8) is 0 Å². The first kappa shape index (κ1) is 19.8. The van der Waals surface area contributed by atoms with Crippen LogP contribution in [0.4, 0.5) is 4.39 Å². The van der Waals surface area contributed by atoms with Gasteiger partial charge in [0.1, 0.15) is 17.4 Å². The number of likely N-dealkylation sites (tertiary alicyclic amines) is 1. The number of amides is 1. The highest BCUT2D eigenvalue weighted by Gasteiger charge is 2.28. The lowest BCUT2D eigenvalue weighted by molar-refractivity contribution is -0.138. The molecule has 2 aliphatic heterocycles. The SMILES string of the molecule is C[C@@H](Oc1cccc(F)c1)C(=O)N1CCc2nc(C3CCN(C)CC3)ncc2C1. The molecule has 0 spiro atoms. The molecule has 3 heterocycles. The van der Waals surface area contributed by atoms with Gasteiger partial charge in [0.25, 0.3) is 5.91 Å². The molecule has 7 heteroatoms. The Labute approximate surface area is 170 Å². The third kappa shape index (κ3) is 4.56. The topological polar surface area (TPSA) is 58.6 Å². The number of halogens is 1. The molecule has 0 saturated carbocycles. The van der Waals surface area contributed by atoms with Gasteiger partial charge in [0.2, 0.25) is 0 Å². The average Bonchev–Trinajstić information content (AvgIpc) is 2.73. The van der Waals surface area contributed by atoms with Crippen LogP contribution in [0.15, 0.2) is 30.5 Å². The number of rotatable bonds is 4. The molecule has 2 aliphatic rings. The fraction of sp³-hybridized carbons (Fsp3) is 0.500. The van der Waals surface area contributed by atoms with E-state index in [-0.39, 0.29) is 11.7 Å². The summed E-state index contributed by atoms with van der Waals surface area (Å²) in [6.07, 6.45) is 4.10. The van der Waals surface area contributed by atoms with Crippen molar-refractivity contribution in [3.8, 4) is 5.75 Å². The summed E-state index contributed by atoms with van der Waals surface area (Å²) in [5.74, 6) is 1.23. The zero-order chi connectivity index (χ0) is 20.4. The molecule has 0 radical (unpaired) electrons. The summed E-state index contributed by atoms with van der Waals surface area (Å²) in [6.45, 7) is 4.95. The number of carbonyl (C=O) groups excluding carboxylic acids is 1. The van der Waals surface area contributed by atoms with Gasteiger partial charge in [-0.1, -0.05) is 6.07 Å². The summed E-state index contributed by atoms with van der Waals surface area (Å²) in [5.41, 5.74) is 2.05. The Morgan fingerprint density at radius 3 is 2.83 bits per heavy atom. The summed E-state index contributed by atoms with van der Waals surface area (Å²) >= 11 is 0. The Bertz CT molecular complexity index is 883. The highest BCUT2D eigenvalue weighted by molar-refractivity contribution is 5.81. The summed E-state index contributed by atoms with van der Waals surface area (Å²) in [7, 11) is 2.15. The van der Waals surface area contributed by atoms with Gasteiger partial charge in [-0.2, -0.15) is 0 Å². The number of carbonyl (C=O) groups is 1. The van der Waals surface area contributed by atoms with E-state index in [1.54, 1.807) is 24.0 Å².